The van der Waals surface area contributed by atoms with Gasteiger partial charge in [-0.3, -0.25) is 19.4 Å². The summed E-state index contributed by atoms with van der Waals surface area (Å²) >= 11 is 0. The molecule has 0 aliphatic carbocycles. The van der Waals surface area contributed by atoms with E-state index in [0.717, 1.165) is 11.6 Å². The highest BCUT2D eigenvalue weighted by Gasteiger charge is 2.21. The standard InChI is InChI=1S/C17H20N4O4/c1-9-7-10(5-6-11(9)19-15(24)17(2,3)4)18-14(23)12-8-13(22)21-16(25)20-12/h5-8H,1-4H3,(H,18,23)(H,19,24)(H2,20,21,22,25). The van der Waals surface area contributed by atoms with Gasteiger partial charge in [0.1, 0.15) is 5.69 Å². The van der Waals surface area contributed by atoms with Crippen LogP contribution in [0.15, 0.2) is 33.9 Å². The van der Waals surface area contributed by atoms with Crippen LogP contribution in [-0.2, 0) is 4.79 Å². The highest BCUT2D eigenvalue weighted by Crippen LogP contribution is 2.23. The molecule has 2 aromatic rings. The highest BCUT2D eigenvalue weighted by atomic mass is 16.2. The first-order valence-electron chi connectivity index (χ1n) is 7.63. The molecule has 8 nitrogen and oxygen atoms in total. The van der Waals surface area contributed by atoms with Crippen molar-refractivity contribution in [2.45, 2.75) is 27.7 Å². The smallest absolute Gasteiger partial charge is 0.325 e. The second kappa shape index (κ2) is 6.76. The Morgan fingerprint density at radius 3 is 2.24 bits per heavy atom. The zero-order valence-corrected chi connectivity index (χ0v) is 14.4. The zero-order valence-electron chi connectivity index (χ0n) is 14.4. The van der Waals surface area contributed by atoms with Crippen molar-refractivity contribution in [2.75, 3.05) is 10.6 Å². The lowest BCUT2D eigenvalue weighted by Crippen LogP contribution is -2.28. The number of carbonyl (C=O) groups is 2. The zero-order chi connectivity index (χ0) is 18.8. The number of nitrogens with one attached hydrogen (secondary N) is 4. The van der Waals surface area contributed by atoms with Gasteiger partial charge in [0.2, 0.25) is 5.91 Å². The van der Waals surface area contributed by atoms with Crippen molar-refractivity contribution in [3.05, 3.63) is 56.4 Å². The van der Waals surface area contributed by atoms with Gasteiger partial charge in [-0.25, -0.2) is 4.79 Å². The number of rotatable bonds is 3. The number of H-pyrrole nitrogens is 2. The lowest BCUT2D eigenvalue weighted by molar-refractivity contribution is -0.123. The summed E-state index contributed by atoms with van der Waals surface area (Å²) in [5.74, 6) is -0.734. The van der Waals surface area contributed by atoms with Gasteiger partial charge in [0.15, 0.2) is 0 Å². The van der Waals surface area contributed by atoms with E-state index >= 15 is 0 Å². The van der Waals surface area contributed by atoms with E-state index in [2.05, 4.69) is 15.6 Å². The van der Waals surface area contributed by atoms with Crippen molar-refractivity contribution in [3.63, 3.8) is 0 Å². The molecule has 2 amide bonds. The summed E-state index contributed by atoms with van der Waals surface area (Å²) in [6.07, 6.45) is 0. The predicted molar refractivity (Wildman–Crippen MR) is 94.9 cm³/mol. The summed E-state index contributed by atoms with van der Waals surface area (Å²) in [5.41, 5.74) is -0.212. The summed E-state index contributed by atoms with van der Waals surface area (Å²) in [5, 5.41) is 5.42. The Morgan fingerprint density at radius 2 is 1.68 bits per heavy atom. The van der Waals surface area contributed by atoms with Crippen molar-refractivity contribution in [3.8, 4) is 0 Å². The fourth-order valence-electron chi connectivity index (χ4n) is 1.98. The van der Waals surface area contributed by atoms with Gasteiger partial charge in [-0.15, -0.1) is 0 Å². The number of aromatic amines is 2. The lowest BCUT2D eigenvalue weighted by Gasteiger charge is -2.19. The minimum Gasteiger partial charge on any atom is -0.325 e. The fraction of sp³-hybridized carbons (Fsp3) is 0.294. The molecule has 2 rings (SSSR count). The number of hydrogen-bond donors (Lipinski definition) is 4. The third kappa shape index (κ3) is 4.66. The van der Waals surface area contributed by atoms with Gasteiger partial charge < -0.3 is 15.6 Å². The van der Waals surface area contributed by atoms with E-state index in [1.54, 1.807) is 25.1 Å². The molecule has 0 aliphatic rings. The summed E-state index contributed by atoms with van der Waals surface area (Å²) in [6.45, 7) is 7.24. The molecule has 0 atom stereocenters. The van der Waals surface area contributed by atoms with Crippen molar-refractivity contribution >= 4 is 23.2 Å². The van der Waals surface area contributed by atoms with E-state index in [9.17, 15) is 19.2 Å². The van der Waals surface area contributed by atoms with Gasteiger partial charge in [-0.1, -0.05) is 20.8 Å². The Hall–Kier alpha value is -3.16. The topological polar surface area (TPSA) is 124 Å². The molecule has 1 aromatic carbocycles. The molecule has 0 saturated carbocycles. The van der Waals surface area contributed by atoms with Crippen LogP contribution >= 0.6 is 0 Å². The van der Waals surface area contributed by atoms with Gasteiger partial charge >= 0.3 is 5.69 Å². The molecule has 8 heteroatoms. The van der Waals surface area contributed by atoms with Crippen LogP contribution < -0.4 is 21.9 Å². The maximum Gasteiger partial charge on any atom is 0.326 e. The number of aryl methyl sites for hydroxylation is 1. The second-order valence-corrected chi connectivity index (χ2v) is 6.69. The molecule has 0 bridgehead atoms. The van der Waals surface area contributed by atoms with E-state index in [0.29, 0.717) is 11.4 Å². The van der Waals surface area contributed by atoms with E-state index in [-0.39, 0.29) is 11.6 Å². The van der Waals surface area contributed by atoms with E-state index < -0.39 is 22.6 Å². The SMILES string of the molecule is Cc1cc(NC(=O)c2cc(=O)[nH]c(=O)[nH]2)ccc1NC(=O)C(C)(C)C. The number of anilines is 2. The van der Waals surface area contributed by atoms with E-state index in [1.807, 2.05) is 25.8 Å². The van der Waals surface area contributed by atoms with Crippen LogP contribution in [0.4, 0.5) is 11.4 Å². The molecular weight excluding hydrogens is 324 g/mol. The van der Waals surface area contributed by atoms with Crippen LogP contribution in [0.1, 0.15) is 36.8 Å². The molecule has 132 valence electrons. The van der Waals surface area contributed by atoms with Crippen molar-refractivity contribution in [2.24, 2.45) is 5.41 Å². The first kappa shape index (κ1) is 18.2. The molecule has 0 spiro atoms. The third-order valence-corrected chi connectivity index (χ3v) is 3.42. The summed E-state index contributed by atoms with van der Waals surface area (Å²) in [4.78, 5) is 50.9. The van der Waals surface area contributed by atoms with Crippen LogP contribution in [-0.4, -0.2) is 21.8 Å². The summed E-state index contributed by atoms with van der Waals surface area (Å²) in [7, 11) is 0. The molecule has 0 fully saturated rings. The first-order valence-corrected chi connectivity index (χ1v) is 7.63. The Labute approximate surface area is 143 Å². The van der Waals surface area contributed by atoms with Gasteiger partial charge in [0.05, 0.1) is 0 Å². The third-order valence-electron chi connectivity index (χ3n) is 3.42. The van der Waals surface area contributed by atoms with Crippen LogP contribution in [0.25, 0.3) is 0 Å². The van der Waals surface area contributed by atoms with Gasteiger partial charge in [0.25, 0.3) is 11.5 Å². The van der Waals surface area contributed by atoms with Crippen molar-refractivity contribution in [1.82, 2.24) is 9.97 Å². The molecule has 0 radical (unpaired) electrons. The number of hydrogen-bond acceptors (Lipinski definition) is 4. The van der Waals surface area contributed by atoms with E-state index in [4.69, 9.17) is 0 Å². The van der Waals surface area contributed by atoms with Crippen LogP contribution in [0, 0.1) is 12.3 Å². The molecule has 1 heterocycles. The van der Waals surface area contributed by atoms with Crippen molar-refractivity contribution < 1.29 is 9.59 Å². The molecule has 4 N–H and O–H groups in total. The average molecular weight is 344 g/mol. The molecule has 1 aromatic heterocycles. The quantitative estimate of drug-likeness (QED) is 0.675. The number of aromatic nitrogens is 2. The number of carbonyl (C=O) groups excluding carboxylic acids is 2. The predicted octanol–water partition coefficient (Wildman–Crippen LogP) is 1.61. The minimum atomic E-state index is -0.755. The normalized spacial score (nSPS) is 11.0. The van der Waals surface area contributed by atoms with Crippen molar-refractivity contribution in [1.29, 1.82) is 0 Å². The first-order chi connectivity index (χ1) is 11.6. The lowest BCUT2D eigenvalue weighted by atomic mass is 9.95. The maximum atomic E-state index is 12.1. The fourth-order valence-corrected chi connectivity index (χ4v) is 1.98. The van der Waals surface area contributed by atoms with Crippen LogP contribution in [0.5, 0.6) is 0 Å². The van der Waals surface area contributed by atoms with Gasteiger partial charge in [0, 0.05) is 22.9 Å². The number of amides is 2. The Kier molecular flexibility index (Phi) is 4.92. The van der Waals surface area contributed by atoms with Crippen LogP contribution in [0.3, 0.4) is 0 Å². The Balaban J connectivity index is 2.17. The summed E-state index contributed by atoms with van der Waals surface area (Å²) in [6, 6.07) is 5.98. The average Bonchev–Trinajstić information content (AvgIpc) is 2.47. The largest absolute Gasteiger partial charge is 0.326 e. The summed E-state index contributed by atoms with van der Waals surface area (Å²) < 4.78 is 0. The van der Waals surface area contributed by atoms with Gasteiger partial charge in [-0.2, -0.15) is 0 Å². The second-order valence-electron chi connectivity index (χ2n) is 6.69. The maximum absolute atomic E-state index is 12.1. The molecule has 0 saturated heterocycles. The molecule has 0 unspecified atom stereocenters. The van der Waals surface area contributed by atoms with Crippen LogP contribution in [0.2, 0.25) is 0 Å². The molecule has 0 aliphatic heterocycles. The Bertz CT molecular complexity index is 906. The highest BCUT2D eigenvalue weighted by molar-refractivity contribution is 6.03. The van der Waals surface area contributed by atoms with Gasteiger partial charge in [-0.05, 0) is 30.7 Å². The molecule has 25 heavy (non-hydrogen) atoms. The van der Waals surface area contributed by atoms with E-state index in [1.165, 1.54) is 0 Å². The number of benzene rings is 1. The Morgan fingerprint density at radius 1 is 1.00 bits per heavy atom. The minimum absolute atomic E-state index is 0.117. The molecular formula is C17H20N4O4. The monoisotopic (exact) mass is 344 g/mol.